The molecule has 0 spiro atoms. The van der Waals surface area contributed by atoms with Gasteiger partial charge in [-0.3, -0.25) is 19.5 Å². The van der Waals surface area contributed by atoms with Crippen LogP contribution in [0.3, 0.4) is 0 Å². The first-order chi connectivity index (χ1) is 13.4. The highest BCUT2D eigenvalue weighted by Crippen LogP contribution is 2.30. The van der Waals surface area contributed by atoms with Crippen LogP contribution >= 0.6 is 0 Å². The number of nitro benzene ring substituents is 1. The Hall–Kier alpha value is -3.06. The summed E-state index contributed by atoms with van der Waals surface area (Å²) < 4.78 is 6.66. The Morgan fingerprint density at radius 2 is 2.00 bits per heavy atom. The molecule has 6 N–H and O–H groups in total. The van der Waals surface area contributed by atoms with Gasteiger partial charge in [0.2, 0.25) is 6.41 Å². The molecule has 12 heteroatoms. The number of nitrogens with two attached hydrogens (primary N) is 1. The molecule has 0 aliphatic carbocycles. The first kappa shape index (κ1) is 21.2. The fraction of sp³-hybridized carbons (Fsp3) is 0.375. The zero-order chi connectivity index (χ0) is 20.7. The van der Waals surface area contributed by atoms with Crippen molar-refractivity contribution >= 4 is 17.9 Å². The van der Waals surface area contributed by atoms with Gasteiger partial charge in [-0.25, -0.2) is 4.98 Å². The second kappa shape index (κ2) is 9.75. The Kier molecular flexibility index (Phi) is 7.40. The third-order valence-electron chi connectivity index (χ3n) is 4.02. The number of hydrogen-bond donors (Lipinski definition) is 5. The lowest BCUT2D eigenvalue weighted by Gasteiger charge is -2.16. The number of nitro groups is 1. The topological polar surface area (TPSA) is 186 Å². The molecule has 0 radical (unpaired) electrons. The molecule has 0 bridgehead atoms. The van der Waals surface area contributed by atoms with Gasteiger partial charge in [-0.1, -0.05) is 12.1 Å². The summed E-state index contributed by atoms with van der Waals surface area (Å²) >= 11 is 0. The molecule has 1 aromatic heterocycles. The molecule has 1 aliphatic rings. The number of ether oxygens (including phenoxy) is 1. The molecule has 28 heavy (non-hydrogen) atoms. The van der Waals surface area contributed by atoms with E-state index in [1.807, 2.05) is 0 Å². The molecule has 0 saturated carbocycles. The fourth-order valence-corrected chi connectivity index (χ4v) is 2.53. The standard InChI is InChI=1S/C8H13N3O4.C8H8N2O3/c9-5-1-10-3-11(5)8-7(14)6(13)4(2-12)15-8;11-6-9-5-7-1-3-8(4-2-7)10(12)13/h1,3-4,6-8,12-14H,2,9H2;1-4,6H,5H2,(H,9,11)/t4-,6-,7-,8-;/m1./s1. The molecular weight excluding hydrogens is 374 g/mol. The van der Waals surface area contributed by atoms with E-state index in [0.29, 0.717) is 18.8 Å². The summed E-state index contributed by atoms with van der Waals surface area (Å²) in [6, 6.07) is 6.02. The van der Waals surface area contributed by atoms with Gasteiger partial charge in [-0.05, 0) is 5.56 Å². The fourth-order valence-electron chi connectivity index (χ4n) is 2.53. The number of rotatable bonds is 6. The van der Waals surface area contributed by atoms with Crippen molar-refractivity contribution < 1.29 is 29.8 Å². The number of non-ortho nitro benzene ring substituents is 1. The first-order valence-corrected chi connectivity index (χ1v) is 8.19. The van der Waals surface area contributed by atoms with Gasteiger partial charge in [0.1, 0.15) is 24.1 Å². The number of hydrogen-bond acceptors (Lipinski definition) is 9. The number of nitrogen functional groups attached to an aromatic ring is 1. The lowest BCUT2D eigenvalue weighted by Crippen LogP contribution is -2.33. The van der Waals surface area contributed by atoms with Crippen LogP contribution in [0.4, 0.5) is 11.5 Å². The summed E-state index contributed by atoms with van der Waals surface area (Å²) in [4.78, 5) is 23.5. The Labute approximate surface area is 159 Å². The predicted molar refractivity (Wildman–Crippen MR) is 95.6 cm³/mol. The molecule has 1 amide bonds. The van der Waals surface area contributed by atoms with Gasteiger partial charge in [0, 0.05) is 18.7 Å². The number of nitrogens with one attached hydrogen (secondary N) is 1. The van der Waals surface area contributed by atoms with E-state index in [0.717, 1.165) is 5.56 Å². The molecule has 2 heterocycles. The summed E-state index contributed by atoms with van der Waals surface area (Å²) in [7, 11) is 0. The second-order valence-corrected chi connectivity index (χ2v) is 5.88. The summed E-state index contributed by atoms with van der Waals surface area (Å²) in [5, 5.41) is 40.8. The highest BCUT2D eigenvalue weighted by Gasteiger charge is 2.43. The van der Waals surface area contributed by atoms with Crippen LogP contribution in [0.2, 0.25) is 0 Å². The smallest absolute Gasteiger partial charge is 0.269 e. The van der Waals surface area contributed by atoms with Crippen molar-refractivity contribution in [3.63, 3.8) is 0 Å². The molecule has 1 aromatic carbocycles. The third kappa shape index (κ3) is 5.01. The van der Waals surface area contributed by atoms with Crippen molar-refractivity contribution in [2.24, 2.45) is 0 Å². The van der Waals surface area contributed by atoms with Crippen molar-refractivity contribution in [1.82, 2.24) is 14.9 Å². The van der Waals surface area contributed by atoms with Crippen molar-refractivity contribution in [2.75, 3.05) is 12.3 Å². The van der Waals surface area contributed by atoms with Gasteiger partial charge >= 0.3 is 0 Å². The predicted octanol–water partition coefficient (Wildman–Crippen LogP) is -1.08. The van der Waals surface area contributed by atoms with E-state index in [2.05, 4.69) is 10.3 Å². The molecule has 2 aromatic rings. The van der Waals surface area contributed by atoms with Gasteiger partial charge in [0.25, 0.3) is 5.69 Å². The lowest BCUT2D eigenvalue weighted by molar-refractivity contribution is -0.384. The molecule has 12 nitrogen and oxygen atoms in total. The Balaban J connectivity index is 0.000000203. The van der Waals surface area contributed by atoms with Crippen LogP contribution in [0.25, 0.3) is 0 Å². The third-order valence-corrected chi connectivity index (χ3v) is 4.02. The minimum Gasteiger partial charge on any atom is -0.394 e. The summed E-state index contributed by atoms with van der Waals surface area (Å²) in [5.74, 6) is 0.324. The van der Waals surface area contributed by atoms with Gasteiger partial charge in [0.05, 0.1) is 24.1 Å². The van der Waals surface area contributed by atoms with Crippen LogP contribution in [0, 0.1) is 10.1 Å². The van der Waals surface area contributed by atoms with E-state index in [9.17, 15) is 25.1 Å². The Bertz CT molecular complexity index is 782. The maximum atomic E-state index is 10.3. The average molecular weight is 395 g/mol. The van der Waals surface area contributed by atoms with Crippen LogP contribution in [0.5, 0.6) is 0 Å². The quantitative estimate of drug-likeness (QED) is 0.230. The molecule has 1 aliphatic heterocycles. The van der Waals surface area contributed by atoms with Crippen LogP contribution in [0.1, 0.15) is 11.8 Å². The number of amides is 1. The van der Waals surface area contributed by atoms with Gasteiger partial charge < -0.3 is 31.1 Å². The van der Waals surface area contributed by atoms with Crippen LogP contribution in [-0.4, -0.2) is 61.1 Å². The zero-order valence-electron chi connectivity index (χ0n) is 14.7. The lowest BCUT2D eigenvalue weighted by atomic mass is 10.1. The summed E-state index contributed by atoms with van der Waals surface area (Å²) in [6.07, 6.45) is -0.460. The van der Waals surface area contributed by atoms with Gasteiger partial charge in [-0.2, -0.15) is 0 Å². The van der Waals surface area contributed by atoms with E-state index in [4.69, 9.17) is 15.6 Å². The number of aliphatic hydroxyl groups is 3. The van der Waals surface area contributed by atoms with Gasteiger partial charge in [0.15, 0.2) is 6.23 Å². The minimum absolute atomic E-state index is 0.0508. The van der Waals surface area contributed by atoms with Crippen LogP contribution in [0.15, 0.2) is 36.8 Å². The normalized spacial score (nSPS) is 23.5. The number of anilines is 1. The number of nitrogens with zero attached hydrogens (tertiary/aromatic N) is 3. The van der Waals surface area contributed by atoms with Gasteiger partial charge in [-0.15, -0.1) is 0 Å². The van der Waals surface area contributed by atoms with E-state index in [-0.39, 0.29) is 12.3 Å². The number of carbonyl (C=O) groups excluding carboxylic acids is 1. The second-order valence-electron chi connectivity index (χ2n) is 5.88. The Morgan fingerprint density at radius 3 is 2.46 bits per heavy atom. The van der Waals surface area contributed by atoms with Crippen molar-refractivity contribution in [1.29, 1.82) is 0 Å². The summed E-state index contributed by atoms with van der Waals surface area (Å²) in [5.41, 5.74) is 6.46. The molecule has 3 rings (SSSR count). The number of benzene rings is 1. The van der Waals surface area contributed by atoms with Crippen molar-refractivity contribution in [3.05, 3.63) is 52.5 Å². The highest BCUT2D eigenvalue weighted by molar-refractivity contribution is 5.46. The molecular formula is C16H21N5O7. The average Bonchev–Trinajstić information content (AvgIpc) is 3.24. The molecule has 1 fully saturated rings. The Morgan fingerprint density at radius 1 is 1.32 bits per heavy atom. The van der Waals surface area contributed by atoms with Crippen molar-refractivity contribution in [2.45, 2.75) is 31.1 Å². The number of imidazole rings is 1. The highest BCUT2D eigenvalue weighted by atomic mass is 16.6. The SMILES string of the molecule is Nc1cncn1[C@@H]1O[C@H](CO)[C@@H](O)[C@H]1O.O=CNCc1ccc([N+](=O)[O-])cc1. The molecule has 1 saturated heterocycles. The first-order valence-electron chi connectivity index (χ1n) is 8.19. The van der Waals surface area contributed by atoms with Crippen LogP contribution < -0.4 is 11.1 Å². The number of aromatic nitrogens is 2. The monoisotopic (exact) mass is 395 g/mol. The zero-order valence-corrected chi connectivity index (χ0v) is 14.7. The largest absolute Gasteiger partial charge is 0.394 e. The van der Waals surface area contributed by atoms with Crippen molar-refractivity contribution in [3.8, 4) is 0 Å². The number of aliphatic hydroxyl groups excluding tert-OH is 3. The van der Waals surface area contributed by atoms with E-state index >= 15 is 0 Å². The molecule has 0 unspecified atom stereocenters. The molecule has 152 valence electrons. The minimum atomic E-state index is -1.13. The number of carbonyl (C=O) groups is 1. The van der Waals surface area contributed by atoms with Crippen LogP contribution in [-0.2, 0) is 16.1 Å². The maximum absolute atomic E-state index is 10.3. The molecule has 4 atom stereocenters. The van der Waals surface area contributed by atoms with E-state index in [1.54, 1.807) is 12.1 Å². The van der Waals surface area contributed by atoms with E-state index in [1.165, 1.54) is 29.2 Å². The van der Waals surface area contributed by atoms with E-state index < -0.39 is 29.5 Å². The summed E-state index contributed by atoms with van der Waals surface area (Å²) in [6.45, 7) is 0.0326. The maximum Gasteiger partial charge on any atom is 0.269 e.